The van der Waals surface area contributed by atoms with Crippen LogP contribution in [0.4, 0.5) is 0 Å². The number of carbonyl (C=O) groups excluding carboxylic acids is 1. The molecule has 1 amide bonds. The van der Waals surface area contributed by atoms with Crippen molar-refractivity contribution in [2.45, 2.75) is 12.5 Å². The summed E-state index contributed by atoms with van der Waals surface area (Å²) in [7, 11) is 0. The minimum atomic E-state index is -0.348. The number of para-hydroxylation sites is 1. The van der Waals surface area contributed by atoms with Crippen LogP contribution in [0, 0.1) is 0 Å². The van der Waals surface area contributed by atoms with Gasteiger partial charge in [-0.3, -0.25) is 4.79 Å². The Morgan fingerprint density at radius 2 is 2.21 bits per heavy atom. The van der Waals surface area contributed by atoms with Crippen molar-refractivity contribution in [3.8, 4) is 5.75 Å². The Balaban J connectivity index is 2.17. The largest absolute Gasteiger partial charge is 0.485 e. The monoisotopic (exact) mass is 189 g/mol. The first kappa shape index (κ1) is 8.81. The lowest BCUT2D eigenvalue weighted by Gasteiger charge is -2.20. The van der Waals surface area contributed by atoms with E-state index in [1.807, 2.05) is 36.4 Å². The van der Waals surface area contributed by atoms with Crippen molar-refractivity contribution < 1.29 is 9.53 Å². The topological polar surface area (TPSA) is 52.3 Å². The number of rotatable bonds is 2. The molecule has 1 aromatic rings. The molecule has 1 atom stereocenters. The third kappa shape index (κ3) is 1.76. The van der Waals surface area contributed by atoms with Gasteiger partial charge in [0.15, 0.2) is 0 Å². The predicted molar refractivity (Wildman–Crippen MR) is 53.7 cm³/mol. The van der Waals surface area contributed by atoms with Gasteiger partial charge in [-0.15, -0.1) is 0 Å². The highest BCUT2D eigenvalue weighted by molar-refractivity contribution is 5.75. The summed E-state index contributed by atoms with van der Waals surface area (Å²) in [5, 5.41) is 0. The van der Waals surface area contributed by atoms with Gasteiger partial charge in [-0.25, -0.2) is 0 Å². The number of hydrogen-bond donors (Lipinski definition) is 1. The fourth-order valence-electron chi connectivity index (χ4n) is 1.45. The van der Waals surface area contributed by atoms with E-state index in [0.717, 1.165) is 11.3 Å². The first-order valence-corrected chi connectivity index (χ1v) is 4.48. The molecule has 3 nitrogen and oxygen atoms in total. The van der Waals surface area contributed by atoms with Gasteiger partial charge in [-0.05, 0) is 12.1 Å². The lowest BCUT2D eigenvalue weighted by Crippen LogP contribution is -2.24. The molecule has 0 fully saturated rings. The Morgan fingerprint density at radius 3 is 3.00 bits per heavy atom. The van der Waals surface area contributed by atoms with Crippen LogP contribution in [0.2, 0.25) is 0 Å². The van der Waals surface area contributed by atoms with E-state index in [0.29, 0.717) is 0 Å². The van der Waals surface area contributed by atoms with Crippen molar-refractivity contribution in [2.24, 2.45) is 5.73 Å². The zero-order chi connectivity index (χ0) is 9.97. The van der Waals surface area contributed by atoms with Gasteiger partial charge in [0.2, 0.25) is 5.91 Å². The molecule has 3 heteroatoms. The van der Waals surface area contributed by atoms with E-state index in [-0.39, 0.29) is 18.4 Å². The van der Waals surface area contributed by atoms with Crippen molar-refractivity contribution in [3.63, 3.8) is 0 Å². The van der Waals surface area contributed by atoms with Gasteiger partial charge in [-0.2, -0.15) is 0 Å². The average molecular weight is 189 g/mol. The molecule has 1 aromatic carbocycles. The normalized spacial score (nSPS) is 18.4. The molecule has 0 saturated carbocycles. The van der Waals surface area contributed by atoms with E-state index in [1.54, 1.807) is 0 Å². The number of primary amides is 1. The summed E-state index contributed by atoms with van der Waals surface area (Å²) in [6, 6.07) is 7.69. The highest BCUT2D eigenvalue weighted by Gasteiger charge is 2.15. The molecule has 2 rings (SSSR count). The maximum Gasteiger partial charge on any atom is 0.221 e. The van der Waals surface area contributed by atoms with E-state index >= 15 is 0 Å². The molecular weight excluding hydrogens is 178 g/mol. The summed E-state index contributed by atoms with van der Waals surface area (Å²) in [6.45, 7) is 0. The number of amides is 1. The standard InChI is InChI=1S/C11H11NO2/c12-11(13)7-9-6-5-8-3-1-2-4-10(8)14-9/h1-6,9H,7H2,(H2,12,13). The van der Waals surface area contributed by atoms with Crippen molar-refractivity contribution in [3.05, 3.63) is 35.9 Å². The number of benzene rings is 1. The van der Waals surface area contributed by atoms with E-state index in [2.05, 4.69) is 0 Å². The number of fused-ring (bicyclic) bond motifs is 1. The van der Waals surface area contributed by atoms with Gasteiger partial charge in [0.05, 0.1) is 6.42 Å². The second-order valence-electron chi connectivity index (χ2n) is 3.22. The van der Waals surface area contributed by atoms with Gasteiger partial charge in [-0.1, -0.05) is 24.3 Å². The molecule has 72 valence electrons. The van der Waals surface area contributed by atoms with Gasteiger partial charge < -0.3 is 10.5 Å². The predicted octanol–water partition coefficient (Wildman–Crippen LogP) is 1.34. The molecule has 0 saturated heterocycles. The van der Waals surface area contributed by atoms with Crippen LogP contribution in [0.25, 0.3) is 6.08 Å². The molecule has 2 N–H and O–H groups in total. The quantitative estimate of drug-likeness (QED) is 0.763. The number of ether oxygens (including phenoxy) is 1. The molecule has 0 spiro atoms. The van der Waals surface area contributed by atoms with E-state index < -0.39 is 0 Å². The Bertz CT molecular complexity index is 385. The highest BCUT2D eigenvalue weighted by Crippen LogP contribution is 2.25. The van der Waals surface area contributed by atoms with Gasteiger partial charge in [0, 0.05) is 5.56 Å². The zero-order valence-electron chi connectivity index (χ0n) is 7.64. The fraction of sp³-hybridized carbons (Fsp3) is 0.182. The number of carbonyl (C=O) groups is 1. The second kappa shape index (κ2) is 3.54. The SMILES string of the molecule is NC(=O)CC1C=Cc2ccccc2O1. The summed E-state index contributed by atoms with van der Waals surface area (Å²) in [4.78, 5) is 10.7. The van der Waals surface area contributed by atoms with Gasteiger partial charge in [0.25, 0.3) is 0 Å². The highest BCUT2D eigenvalue weighted by atomic mass is 16.5. The molecule has 1 aliphatic heterocycles. The Hall–Kier alpha value is -1.77. The smallest absolute Gasteiger partial charge is 0.221 e. The first-order valence-electron chi connectivity index (χ1n) is 4.48. The third-order valence-corrected chi connectivity index (χ3v) is 2.09. The Labute approximate surface area is 82.2 Å². The third-order valence-electron chi connectivity index (χ3n) is 2.09. The Morgan fingerprint density at radius 1 is 1.43 bits per heavy atom. The molecule has 0 bridgehead atoms. The summed E-state index contributed by atoms with van der Waals surface area (Å²) in [5.41, 5.74) is 6.13. The van der Waals surface area contributed by atoms with E-state index in [9.17, 15) is 4.79 Å². The maximum absolute atomic E-state index is 10.7. The van der Waals surface area contributed by atoms with Crippen molar-refractivity contribution in [2.75, 3.05) is 0 Å². The number of nitrogens with two attached hydrogens (primary N) is 1. The minimum absolute atomic E-state index is 0.220. The first-order chi connectivity index (χ1) is 6.75. The van der Waals surface area contributed by atoms with E-state index in [4.69, 9.17) is 10.5 Å². The second-order valence-corrected chi connectivity index (χ2v) is 3.22. The van der Waals surface area contributed by atoms with Crippen molar-refractivity contribution in [1.82, 2.24) is 0 Å². The van der Waals surface area contributed by atoms with Crippen LogP contribution in [-0.2, 0) is 4.79 Å². The molecule has 14 heavy (non-hydrogen) atoms. The van der Waals surface area contributed by atoms with Crippen LogP contribution in [0.3, 0.4) is 0 Å². The van der Waals surface area contributed by atoms with Crippen LogP contribution < -0.4 is 10.5 Å². The van der Waals surface area contributed by atoms with E-state index in [1.165, 1.54) is 0 Å². The van der Waals surface area contributed by atoms with Crippen molar-refractivity contribution >= 4 is 12.0 Å². The summed E-state index contributed by atoms with van der Waals surface area (Å²) < 4.78 is 5.56. The van der Waals surface area contributed by atoms with Crippen LogP contribution in [0.15, 0.2) is 30.3 Å². The number of hydrogen-bond acceptors (Lipinski definition) is 2. The summed E-state index contributed by atoms with van der Waals surface area (Å²) in [6.07, 6.45) is 3.81. The molecular formula is C11H11NO2. The molecule has 0 aromatic heterocycles. The van der Waals surface area contributed by atoms with Gasteiger partial charge >= 0.3 is 0 Å². The summed E-state index contributed by atoms with van der Waals surface area (Å²) in [5.74, 6) is 0.459. The molecule has 0 aliphatic carbocycles. The van der Waals surface area contributed by atoms with Crippen molar-refractivity contribution in [1.29, 1.82) is 0 Å². The molecule has 1 aliphatic rings. The maximum atomic E-state index is 10.7. The lowest BCUT2D eigenvalue weighted by molar-refractivity contribution is -0.119. The summed E-state index contributed by atoms with van der Waals surface area (Å²) >= 11 is 0. The zero-order valence-corrected chi connectivity index (χ0v) is 7.64. The van der Waals surface area contributed by atoms with Gasteiger partial charge in [0.1, 0.15) is 11.9 Å². The molecule has 1 heterocycles. The average Bonchev–Trinajstić information content (AvgIpc) is 2.17. The minimum Gasteiger partial charge on any atom is -0.485 e. The lowest BCUT2D eigenvalue weighted by atomic mass is 10.1. The fourth-order valence-corrected chi connectivity index (χ4v) is 1.45. The van der Waals surface area contributed by atoms with Crippen LogP contribution in [0.1, 0.15) is 12.0 Å². The molecule has 0 radical (unpaired) electrons. The Kier molecular flexibility index (Phi) is 2.23. The molecule has 1 unspecified atom stereocenters. The van der Waals surface area contributed by atoms with Crippen LogP contribution in [-0.4, -0.2) is 12.0 Å². The van der Waals surface area contributed by atoms with Crippen LogP contribution >= 0.6 is 0 Å². The van der Waals surface area contributed by atoms with Crippen LogP contribution in [0.5, 0.6) is 5.75 Å².